The van der Waals surface area contributed by atoms with Gasteiger partial charge in [0.15, 0.2) is 0 Å². The molecule has 8 heteroatoms. The fourth-order valence-electron chi connectivity index (χ4n) is 1.44. The monoisotopic (exact) mass is 305 g/mol. The Balaban J connectivity index is 2.68. The lowest BCUT2D eigenvalue weighted by atomic mass is 10.3. The number of carbonyl (C=O) groups is 1. The minimum absolute atomic E-state index is 0.0159. The third-order valence-electron chi connectivity index (χ3n) is 2.46. The van der Waals surface area contributed by atoms with E-state index in [9.17, 15) is 17.6 Å². The second kappa shape index (κ2) is 7.09. The van der Waals surface area contributed by atoms with Crippen molar-refractivity contribution in [3.63, 3.8) is 0 Å². The molecule has 0 heterocycles. The topological polar surface area (TPSA) is 81.7 Å². The van der Waals surface area contributed by atoms with Gasteiger partial charge in [-0.05, 0) is 18.6 Å². The van der Waals surface area contributed by atoms with Crippen molar-refractivity contribution < 1.29 is 27.1 Å². The van der Waals surface area contributed by atoms with Crippen molar-refractivity contribution in [2.24, 2.45) is 0 Å². The molecule has 0 fully saturated rings. The summed E-state index contributed by atoms with van der Waals surface area (Å²) >= 11 is 0. The molecule has 1 aromatic rings. The summed E-state index contributed by atoms with van der Waals surface area (Å²) in [6.07, 6.45) is 0.0750. The van der Waals surface area contributed by atoms with E-state index in [0.717, 1.165) is 6.07 Å². The molecular formula is C12H16FNO5S. The van der Waals surface area contributed by atoms with Crippen LogP contribution in [0.15, 0.2) is 18.2 Å². The van der Waals surface area contributed by atoms with Crippen molar-refractivity contribution in [1.29, 1.82) is 0 Å². The summed E-state index contributed by atoms with van der Waals surface area (Å²) in [6, 6.07) is 3.72. The predicted molar refractivity (Wildman–Crippen MR) is 71.6 cm³/mol. The van der Waals surface area contributed by atoms with Crippen LogP contribution in [0.5, 0.6) is 5.75 Å². The van der Waals surface area contributed by atoms with Crippen LogP contribution in [0.25, 0.3) is 0 Å². The molecule has 0 aliphatic heterocycles. The van der Waals surface area contributed by atoms with Crippen molar-refractivity contribution in [3.05, 3.63) is 24.0 Å². The Morgan fingerprint density at radius 2 is 2.05 bits per heavy atom. The van der Waals surface area contributed by atoms with E-state index in [4.69, 9.17) is 4.74 Å². The SMILES string of the molecule is COC(=O)CCCS(=O)(=O)Nc1cc(OC)ccc1F. The van der Waals surface area contributed by atoms with Gasteiger partial charge < -0.3 is 9.47 Å². The fourth-order valence-corrected chi connectivity index (χ4v) is 2.55. The summed E-state index contributed by atoms with van der Waals surface area (Å²) in [4.78, 5) is 10.9. The lowest BCUT2D eigenvalue weighted by molar-refractivity contribution is -0.140. The molecule has 1 rings (SSSR count). The van der Waals surface area contributed by atoms with Gasteiger partial charge >= 0.3 is 5.97 Å². The molecule has 112 valence electrons. The highest BCUT2D eigenvalue weighted by atomic mass is 32.2. The Bertz CT molecular complexity index is 573. The summed E-state index contributed by atoms with van der Waals surface area (Å²) in [5.74, 6) is -1.17. The van der Waals surface area contributed by atoms with E-state index in [-0.39, 0.29) is 24.3 Å². The minimum atomic E-state index is -3.74. The maximum Gasteiger partial charge on any atom is 0.305 e. The number of nitrogens with one attached hydrogen (secondary N) is 1. The lowest BCUT2D eigenvalue weighted by Gasteiger charge is -2.10. The van der Waals surface area contributed by atoms with Crippen molar-refractivity contribution in [3.8, 4) is 5.75 Å². The third-order valence-corrected chi connectivity index (χ3v) is 3.82. The molecule has 0 spiro atoms. The van der Waals surface area contributed by atoms with E-state index in [0.29, 0.717) is 5.75 Å². The molecular weight excluding hydrogens is 289 g/mol. The third kappa shape index (κ3) is 5.04. The Kier molecular flexibility index (Phi) is 5.75. The number of rotatable bonds is 7. The van der Waals surface area contributed by atoms with E-state index in [2.05, 4.69) is 9.46 Å². The lowest BCUT2D eigenvalue weighted by Crippen LogP contribution is -2.18. The number of hydrogen-bond donors (Lipinski definition) is 1. The molecule has 0 aliphatic carbocycles. The molecule has 6 nitrogen and oxygen atoms in total. The Morgan fingerprint density at radius 3 is 2.65 bits per heavy atom. The quantitative estimate of drug-likeness (QED) is 0.773. The smallest absolute Gasteiger partial charge is 0.305 e. The molecule has 0 atom stereocenters. The average molecular weight is 305 g/mol. The van der Waals surface area contributed by atoms with E-state index >= 15 is 0 Å². The second-order valence-corrected chi connectivity index (χ2v) is 5.79. The molecule has 0 aliphatic rings. The summed E-state index contributed by atoms with van der Waals surface area (Å²) in [5, 5.41) is 0. The molecule has 0 saturated heterocycles. The number of halogens is 1. The molecule has 20 heavy (non-hydrogen) atoms. The van der Waals surface area contributed by atoms with Gasteiger partial charge in [-0.25, -0.2) is 12.8 Å². The van der Waals surface area contributed by atoms with Crippen LogP contribution < -0.4 is 9.46 Å². The van der Waals surface area contributed by atoms with Gasteiger partial charge in [0.2, 0.25) is 10.0 Å². The van der Waals surface area contributed by atoms with Gasteiger partial charge in [0.05, 0.1) is 25.7 Å². The highest BCUT2D eigenvalue weighted by Gasteiger charge is 2.15. The van der Waals surface area contributed by atoms with Crippen molar-refractivity contribution in [2.75, 3.05) is 24.7 Å². The van der Waals surface area contributed by atoms with Gasteiger partial charge in [-0.1, -0.05) is 0 Å². The molecule has 0 saturated carbocycles. The number of anilines is 1. The number of hydrogen-bond acceptors (Lipinski definition) is 5. The number of ether oxygens (including phenoxy) is 2. The normalized spacial score (nSPS) is 10.9. The van der Waals surface area contributed by atoms with E-state index in [1.54, 1.807) is 0 Å². The average Bonchev–Trinajstić information content (AvgIpc) is 2.40. The van der Waals surface area contributed by atoms with Crippen LogP contribution in [-0.4, -0.2) is 34.4 Å². The summed E-state index contributed by atoms with van der Waals surface area (Å²) in [6.45, 7) is 0. The van der Waals surface area contributed by atoms with Gasteiger partial charge in [0.25, 0.3) is 0 Å². The number of carbonyl (C=O) groups excluding carboxylic acids is 1. The summed E-state index contributed by atoms with van der Waals surface area (Å²) < 4.78 is 48.4. The van der Waals surface area contributed by atoms with Crippen LogP contribution in [0.2, 0.25) is 0 Å². The van der Waals surface area contributed by atoms with Crippen LogP contribution in [-0.2, 0) is 19.6 Å². The minimum Gasteiger partial charge on any atom is -0.497 e. The highest BCUT2D eigenvalue weighted by Crippen LogP contribution is 2.22. The van der Waals surface area contributed by atoms with Gasteiger partial charge in [0.1, 0.15) is 11.6 Å². The van der Waals surface area contributed by atoms with Gasteiger partial charge in [0, 0.05) is 12.5 Å². The van der Waals surface area contributed by atoms with Gasteiger partial charge in [-0.3, -0.25) is 9.52 Å². The van der Waals surface area contributed by atoms with Crippen molar-refractivity contribution >= 4 is 21.7 Å². The Hall–Kier alpha value is -1.83. The van der Waals surface area contributed by atoms with Crippen molar-refractivity contribution in [2.45, 2.75) is 12.8 Å². The zero-order chi connectivity index (χ0) is 15.2. The molecule has 1 aromatic carbocycles. The summed E-state index contributed by atoms with van der Waals surface area (Å²) in [5.41, 5.74) is -0.192. The zero-order valence-electron chi connectivity index (χ0n) is 11.2. The van der Waals surface area contributed by atoms with Crippen LogP contribution >= 0.6 is 0 Å². The zero-order valence-corrected chi connectivity index (χ0v) is 12.0. The van der Waals surface area contributed by atoms with E-state index in [1.807, 2.05) is 0 Å². The number of esters is 1. The largest absolute Gasteiger partial charge is 0.497 e. The molecule has 0 radical (unpaired) electrons. The molecule has 1 N–H and O–H groups in total. The first-order chi connectivity index (χ1) is 9.38. The standard InChI is InChI=1S/C12H16FNO5S/c1-18-9-5-6-10(13)11(8-9)14-20(16,17)7-3-4-12(15)19-2/h5-6,8,14H,3-4,7H2,1-2H3. The predicted octanol–water partition coefficient (Wildman–Crippen LogP) is 1.53. The first kappa shape index (κ1) is 16.2. The first-order valence-corrected chi connectivity index (χ1v) is 7.44. The number of benzene rings is 1. The first-order valence-electron chi connectivity index (χ1n) is 5.79. The van der Waals surface area contributed by atoms with E-state index < -0.39 is 21.8 Å². The van der Waals surface area contributed by atoms with Crippen LogP contribution in [0.3, 0.4) is 0 Å². The second-order valence-electron chi connectivity index (χ2n) is 3.95. The fraction of sp³-hybridized carbons (Fsp3) is 0.417. The van der Waals surface area contributed by atoms with E-state index in [1.165, 1.54) is 26.4 Å². The number of sulfonamides is 1. The maximum absolute atomic E-state index is 13.5. The number of methoxy groups -OCH3 is 2. The van der Waals surface area contributed by atoms with Crippen LogP contribution in [0, 0.1) is 5.82 Å². The maximum atomic E-state index is 13.5. The molecule has 0 unspecified atom stereocenters. The van der Waals surface area contributed by atoms with Gasteiger partial charge in [-0.15, -0.1) is 0 Å². The summed E-state index contributed by atoms with van der Waals surface area (Å²) in [7, 11) is -1.13. The molecule has 0 aromatic heterocycles. The van der Waals surface area contributed by atoms with Crippen molar-refractivity contribution in [1.82, 2.24) is 0 Å². The van der Waals surface area contributed by atoms with Crippen LogP contribution in [0.1, 0.15) is 12.8 Å². The Labute approximate surface area is 116 Å². The Morgan fingerprint density at radius 1 is 1.35 bits per heavy atom. The van der Waals surface area contributed by atoms with Gasteiger partial charge in [-0.2, -0.15) is 0 Å². The highest BCUT2D eigenvalue weighted by molar-refractivity contribution is 7.92. The molecule has 0 amide bonds. The van der Waals surface area contributed by atoms with Crippen LogP contribution in [0.4, 0.5) is 10.1 Å². The molecule has 0 bridgehead atoms.